The number of hydrogen-bond acceptors (Lipinski definition) is 2. The van der Waals surface area contributed by atoms with Crippen LogP contribution in [-0.2, 0) is 10.9 Å². The number of ether oxygens (including phenoxy) is 1. The van der Waals surface area contributed by atoms with Crippen molar-refractivity contribution in [2.45, 2.75) is 26.1 Å². The lowest BCUT2D eigenvalue weighted by Gasteiger charge is -2.38. The SMILES string of the molecule is CC1(C)COC(=O)N[C@H]1c1ccc(-c2ccc(C(F)(F)F)cc2)cc1.Cl. The molecule has 1 atom stereocenters. The first-order valence-electron chi connectivity index (χ1n) is 7.88. The van der Waals surface area contributed by atoms with E-state index in [9.17, 15) is 18.0 Å². The van der Waals surface area contributed by atoms with Crippen LogP contribution < -0.4 is 5.32 Å². The van der Waals surface area contributed by atoms with Crippen LogP contribution in [0.15, 0.2) is 48.5 Å². The molecule has 1 aliphatic heterocycles. The Balaban J connectivity index is 0.00000243. The number of alkyl carbamates (subject to hydrolysis) is 1. The molecule has 140 valence electrons. The van der Waals surface area contributed by atoms with Crippen LogP contribution in [0.2, 0.25) is 0 Å². The number of carbonyl (C=O) groups is 1. The third kappa shape index (κ3) is 4.12. The highest BCUT2D eigenvalue weighted by atomic mass is 35.5. The Hall–Kier alpha value is -2.21. The minimum atomic E-state index is -4.34. The fourth-order valence-electron chi connectivity index (χ4n) is 2.94. The molecule has 0 spiro atoms. The van der Waals surface area contributed by atoms with Gasteiger partial charge in [0.25, 0.3) is 0 Å². The third-order valence-corrected chi connectivity index (χ3v) is 4.41. The number of rotatable bonds is 2. The molecule has 1 N–H and O–H groups in total. The van der Waals surface area contributed by atoms with Gasteiger partial charge in [0.05, 0.1) is 11.6 Å². The highest BCUT2D eigenvalue weighted by molar-refractivity contribution is 5.85. The molecule has 1 fully saturated rings. The summed E-state index contributed by atoms with van der Waals surface area (Å²) in [4.78, 5) is 11.5. The summed E-state index contributed by atoms with van der Waals surface area (Å²) in [6, 6.07) is 12.3. The zero-order valence-electron chi connectivity index (χ0n) is 14.3. The van der Waals surface area contributed by atoms with Gasteiger partial charge in [-0.3, -0.25) is 0 Å². The normalized spacial score (nSPS) is 19.1. The fraction of sp³-hybridized carbons (Fsp3) is 0.316. The van der Waals surface area contributed by atoms with Crippen molar-refractivity contribution in [1.29, 1.82) is 0 Å². The summed E-state index contributed by atoms with van der Waals surface area (Å²) in [5, 5.41) is 2.82. The second-order valence-electron chi connectivity index (χ2n) is 6.84. The second-order valence-corrected chi connectivity index (χ2v) is 6.84. The number of cyclic esters (lactones) is 1. The minimum Gasteiger partial charge on any atom is -0.449 e. The average Bonchev–Trinajstić information content (AvgIpc) is 2.57. The van der Waals surface area contributed by atoms with E-state index in [0.717, 1.165) is 23.3 Å². The molecule has 1 saturated heterocycles. The lowest BCUT2D eigenvalue weighted by Crippen LogP contribution is -2.46. The van der Waals surface area contributed by atoms with Crippen molar-refractivity contribution >= 4 is 18.5 Å². The van der Waals surface area contributed by atoms with Crippen molar-refractivity contribution in [2.24, 2.45) is 5.41 Å². The van der Waals surface area contributed by atoms with Crippen molar-refractivity contribution in [3.05, 3.63) is 59.7 Å². The zero-order valence-corrected chi connectivity index (χ0v) is 15.1. The van der Waals surface area contributed by atoms with Crippen LogP contribution >= 0.6 is 12.4 Å². The van der Waals surface area contributed by atoms with Crippen molar-refractivity contribution in [2.75, 3.05) is 6.61 Å². The van der Waals surface area contributed by atoms with Crippen molar-refractivity contribution in [3.8, 4) is 11.1 Å². The number of carbonyl (C=O) groups excluding carboxylic acids is 1. The molecule has 26 heavy (non-hydrogen) atoms. The van der Waals surface area contributed by atoms with E-state index in [1.807, 2.05) is 38.1 Å². The first-order valence-corrected chi connectivity index (χ1v) is 7.88. The van der Waals surface area contributed by atoms with Gasteiger partial charge in [-0.05, 0) is 28.8 Å². The van der Waals surface area contributed by atoms with Gasteiger partial charge in [-0.15, -0.1) is 12.4 Å². The molecular weight excluding hydrogens is 367 g/mol. The van der Waals surface area contributed by atoms with E-state index in [0.29, 0.717) is 12.2 Å². The molecule has 0 bridgehead atoms. The lowest BCUT2D eigenvalue weighted by atomic mass is 9.80. The second kappa shape index (κ2) is 7.19. The maximum atomic E-state index is 12.6. The Kier molecular flexibility index (Phi) is 5.56. The third-order valence-electron chi connectivity index (χ3n) is 4.41. The van der Waals surface area contributed by atoms with Crippen LogP contribution in [0.5, 0.6) is 0 Å². The molecule has 0 aromatic heterocycles. The van der Waals surface area contributed by atoms with Gasteiger partial charge in [-0.25, -0.2) is 4.79 Å². The topological polar surface area (TPSA) is 38.3 Å². The van der Waals surface area contributed by atoms with E-state index in [-0.39, 0.29) is 23.9 Å². The molecule has 3 nitrogen and oxygen atoms in total. The summed E-state index contributed by atoms with van der Waals surface area (Å²) in [5.41, 5.74) is 1.52. The average molecular weight is 386 g/mol. The van der Waals surface area contributed by atoms with Crippen LogP contribution in [0.3, 0.4) is 0 Å². The number of amides is 1. The number of nitrogens with one attached hydrogen (secondary N) is 1. The van der Waals surface area contributed by atoms with Gasteiger partial charge in [0.1, 0.15) is 6.61 Å². The Morgan fingerprint density at radius 2 is 1.50 bits per heavy atom. The van der Waals surface area contributed by atoms with E-state index in [1.165, 1.54) is 12.1 Å². The molecule has 0 saturated carbocycles. The first kappa shape index (κ1) is 20.1. The molecule has 1 amide bonds. The van der Waals surface area contributed by atoms with Gasteiger partial charge in [0.15, 0.2) is 0 Å². The largest absolute Gasteiger partial charge is 0.449 e. The summed E-state index contributed by atoms with van der Waals surface area (Å²) in [7, 11) is 0. The summed E-state index contributed by atoms with van der Waals surface area (Å²) >= 11 is 0. The number of benzene rings is 2. The van der Waals surface area contributed by atoms with Gasteiger partial charge in [0, 0.05) is 5.41 Å². The van der Waals surface area contributed by atoms with Gasteiger partial charge in [0.2, 0.25) is 0 Å². The predicted octanol–water partition coefficient (Wildman–Crippen LogP) is 5.60. The van der Waals surface area contributed by atoms with Crippen LogP contribution in [0, 0.1) is 5.41 Å². The molecule has 1 heterocycles. The molecule has 2 aromatic rings. The smallest absolute Gasteiger partial charge is 0.416 e. The molecule has 7 heteroatoms. The number of halogens is 4. The Bertz CT molecular complexity index is 771. The van der Waals surface area contributed by atoms with E-state index in [4.69, 9.17) is 4.74 Å². The summed E-state index contributed by atoms with van der Waals surface area (Å²) in [5.74, 6) is 0. The molecule has 0 unspecified atom stereocenters. The Morgan fingerprint density at radius 3 is 2.00 bits per heavy atom. The summed E-state index contributed by atoms with van der Waals surface area (Å²) in [6.07, 6.45) is -4.79. The molecular formula is C19H19ClF3NO2. The highest BCUT2D eigenvalue weighted by Crippen LogP contribution is 2.37. The lowest BCUT2D eigenvalue weighted by molar-refractivity contribution is -0.137. The van der Waals surface area contributed by atoms with Crippen LogP contribution in [0.4, 0.5) is 18.0 Å². The Labute approximate surface area is 156 Å². The van der Waals surface area contributed by atoms with Crippen LogP contribution in [-0.4, -0.2) is 12.7 Å². The van der Waals surface area contributed by atoms with Crippen LogP contribution in [0.1, 0.15) is 31.0 Å². The van der Waals surface area contributed by atoms with E-state index < -0.39 is 17.8 Å². The number of alkyl halides is 3. The highest BCUT2D eigenvalue weighted by Gasteiger charge is 2.37. The van der Waals surface area contributed by atoms with Crippen molar-refractivity contribution in [1.82, 2.24) is 5.32 Å². The zero-order chi connectivity index (χ0) is 18.2. The maximum Gasteiger partial charge on any atom is 0.416 e. The maximum absolute atomic E-state index is 12.6. The van der Waals surface area contributed by atoms with Gasteiger partial charge in [-0.1, -0.05) is 50.2 Å². The molecule has 3 rings (SSSR count). The quantitative estimate of drug-likeness (QED) is 0.730. The van der Waals surface area contributed by atoms with Crippen LogP contribution in [0.25, 0.3) is 11.1 Å². The molecule has 0 aliphatic carbocycles. The fourth-order valence-corrected chi connectivity index (χ4v) is 2.94. The first-order chi connectivity index (χ1) is 11.7. The van der Waals surface area contributed by atoms with Gasteiger partial charge >= 0.3 is 12.3 Å². The number of hydrogen-bond donors (Lipinski definition) is 1. The molecule has 1 aliphatic rings. The van der Waals surface area contributed by atoms with Crippen molar-refractivity contribution in [3.63, 3.8) is 0 Å². The molecule has 0 radical (unpaired) electrons. The van der Waals surface area contributed by atoms with E-state index in [1.54, 1.807) is 0 Å². The predicted molar refractivity (Wildman–Crippen MR) is 95.1 cm³/mol. The molecule has 2 aromatic carbocycles. The van der Waals surface area contributed by atoms with Gasteiger partial charge in [-0.2, -0.15) is 13.2 Å². The standard InChI is InChI=1S/C19H18F3NO2.ClH/c1-18(2)11-25-17(24)23-16(18)14-5-3-12(4-6-14)13-7-9-15(10-8-13)19(20,21)22;/h3-10,16H,11H2,1-2H3,(H,23,24);1H/t16-;/m0./s1. The monoisotopic (exact) mass is 385 g/mol. The van der Waals surface area contributed by atoms with E-state index in [2.05, 4.69) is 5.32 Å². The Morgan fingerprint density at radius 1 is 1.00 bits per heavy atom. The van der Waals surface area contributed by atoms with Crippen molar-refractivity contribution < 1.29 is 22.7 Å². The summed E-state index contributed by atoms with van der Waals surface area (Å²) < 4.78 is 43.0. The van der Waals surface area contributed by atoms with Gasteiger partial charge < -0.3 is 10.1 Å². The summed E-state index contributed by atoms with van der Waals surface area (Å²) in [6.45, 7) is 4.33. The van der Waals surface area contributed by atoms with E-state index >= 15 is 0 Å². The minimum absolute atomic E-state index is 0.